The SMILES string of the molecule is COCc1[nH]nc2nc(-c3ccc(O)c(Cl)c3)c3cc(OC)c(OC)cc3c12.COc1ccc(CC#N)cc1OC.Cl. The first kappa shape index (κ1) is 32.1. The fraction of sp³-hybridized carbons (Fsp3) is 0.233. The van der Waals surface area contributed by atoms with E-state index in [1.807, 2.05) is 24.3 Å². The number of phenols is 1. The van der Waals surface area contributed by atoms with Gasteiger partial charge in [0, 0.05) is 23.4 Å². The molecular formula is C30H30Cl2N4O6. The highest BCUT2D eigenvalue weighted by Crippen LogP contribution is 2.41. The molecule has 0 spiro atoms. The lowest BCUT2D eigenvalue weighted by Gasteiger charge is -2.13. The predicted molar refractivity (Wildman–Crippen MR) is 163 cm³/mol. The molecule has 0 saturated carbocycles. The van der Waals surface area contributed by atoms with Crippen molar-refractivity contribution in [3.05, 3.63) is 64.8 Å². The Morgan fingerprint density at radius 2 is 1.50 bits per heavy atom. The molecule has 0 aliphatic rings. The lowest BCUT2D eigenvalue weighted by Crippen LogP contribution is -1.95. The zero-order valence-electron chi connectivity index (χ0n) is 23.6. The van der Waals surface area contributed by atoms with Crippen molar-refractivity contribution in [2.24, 2.45) is 0 Å². The van der Waals surface area contributed by atoms with Gasteiger partial charge in [0.05, 0.1) is 69.3 Å². The first-order valence-electron chi connectivity index (χ1n) is 12.4. The standard InChI is InChI=1S/C20H18ClN3O4.C10H11NO2.ClH/c1-26-9-14-18-11-7-16(27-2)17(28-3)8-12(11)19(22-20(18)24-23-14)10-4-5-15(25)13(21)6-10;1-12-9-4-3-8(5-6-11)7-10(9)13-2;/h4-8,25H,9H2,1-3H3,(H,22,23,24);3-4,7H,5H2,1-2H3;1H. The van der Waals surface area contributed by atoms with Crippen LogP contribution in [0.3, 0.4) is 0 Å². The Morgan fingerprint density at radius 1 is 0.857 bits per heavy atom. The Morgan fingerprint density at radius 3 is 2.10 bits per heavy atom. The molecule has 42 heavy (non-hydrogen) atoms. The summed E-state index contributed by atoms with van der Waals surface area (Å²) in [5.41, 5.74) is 3.71. The van der Waals surface area contributed by atoms with Crippen molar-refractivity contribution in [2.45, 2.75) is 13.0 Å². The number of phenolic OH excluding ortho intramolecular Hbond substituents is 1. The number of hydrogen-bond acceptors (Lipinski definition) is 9. The number of benzene rings is 3. The van der Waals surface area contributed by atoms with Gasteiger partial charge in [0.25, 0.3) is 0 Å². The second-order valence-electron chi connectivity index (χ2n) is 8.74. The molecule has 12 heteroatoms. The molecule has 0 aliphatic heterocycles. The Kier molecular flexibility index (Phi) is 11.0. The first-order valence-corrected chi connectivity index (χ1v) is 12.7. The minimum Gasteiger partial charge on any atom is -0.506 e. The van der Waals surface area contributed by atoms with Crippen LogP contribution in [0.15, 0.2) is 48.5 Å². The van der Waals surface area contributed by atoms with Crippen LogP contribution >= 0.6 is 24.0 Å². The zero-order chi connectivity index (χ0) is 29.5. The summed E-state index contributed by atoms with van der Waals surface area (Å²) in [6, 6.07) is 16.3. The van der Waals surface area contributed by atoms with Crippen molar-refractivity contribution >= 4 is 45.8 Å². The molecular weight excluding hydrogens is 583 g/mol. The van der Waals surface area contributed by atoms with Crippen LogP contribution in [-0.2, 0) is 17.8 Å². The topological polar surface area (TPSA) is 132 Å². The summed E-state index contributed by atoms with van der Waals surface area (Å²) in [5, 5.41) is 28.4. The normalized spacial score (nSPS) is 10.3. The summed E-state index contributed by atoms with van der Waals surface area (Å²) in [7, 11) is 7.96. The second kappa shape index (κ2) is 14.5. The highest BCUT2D eigenvalue weighted by atomic mass is 35.5. The van der Waals surface area contributed by atoms with E-state index in [0.29, 0.717) is 47.4 Å². The van der Waals surface area contributed by atoms with Gasteiger partial charge in [-0.25, -0.2) is 4.98 Å². The Bertz CT molecular complexity index is 1740. The van der Waals surface area contributed by atoms with Crippen LogP contribution in [0.1, 0.15) is 11.3 Å². The summed E-state index contributed by atoms with van der Waals surface area (Å²) in [4.78, 5) is 4.74. The molecule has 3 aromatic carbocycles. The molecule has 0 atom stereocenters. The van der Waals surface area contributed by atoms with Crippen molar-refractivity contribution in [1.82, 2.24) is 15.2 Å². The Balaban J connectivity index is 0.000000293. The minimum absolute atomic E-state index is 0. The van der Waals surface area contributed by atoms with Crippen LogP contribution in [0.4, 0.5) is 0 Å². The van der Waals surface area contributed by atoms with Crippen LogP contribution in [0.5, 0.6) is 28.7 Å². The van der Waals surface area contributed by atoms with Crippen LogP contribution in [-0.4, -0.2) is 55.8 Å². The number of nitrogens with one attached hydrogen (secondary N) is 1. The van der Waals surface area contributed by atoms with E-state index >= 15 is 0 Å². The lowest BCUT2D eigenvalue weighted by molar-refractivity contribution is 0.182. The van der Waals surface area contributed by atoms with E-state index in [1.54, 1.807) is 53.7 Å². The summed E-state index contributed by atoms with van der Waals surface area (Å²) in [6.07, 6.45) is 0.389. The fourth-order valence-electron chi connectivity index (χ4n) is 4.38. The number of fused-ring (bicyclic) bond motifs is 3. The number of aromatic hydroxyl groups is 1. The third-order valence-electron chi connectivity index (χ3n) is 6.33. The Labute approximate surface area is 254 Å². The quantitative estimate of drug-likeness (QED) is 0.202. The molecule has 0 aliphatic carbocycles. The molecule has 0 saturated heterocycles. The number of methoxy groups -OCH3 is 5. The van der Waals surface area contributed by atoms with E-state index in [4.69, 9.17) is 45.5 Å². The third-order valence-corrected chi connectivity index (χ3v) is 6.63. The molecule has 0 unspecified atom stereocenters. The molecule has 220 valence electrons. The highest BCUT2D eigenvalue weighted by Gasteiger charge is 2.19. The summed E-state index contributed by atoms with van der Waals surface area (Å²) in [5.74, 6) is 2.54. The first-order chi connectivity index (χ1) is 19.9. The van der Waals surface area contributed by atoms with Crippen LogP contribution in [0, 0.1) is 11.3 Å². The van der Waals surface area contributed by atoms with Gasteiger partial charge in [-0.15, -0.1) is 12.4 Å². The van der Waals surface area contributed by atoms with Crippen LogP contribution in [0.25, 0.3) is 33.1 Å². The minimum atomic E-state index is 0. The highest BCUT2D eigenvalue weighted by molar-refractivity contribution is 6.32. The molecule has 0 fully saturated rings. The summed E-state index contributed by atoms with van der Waals surface area (Å²) >= 11 is 6.12. The number of rotatable bonds is 8. The number of aromatic nitrogens is 3. The van der Waals surface area contributed by atoms with Crippen molar-refractivity contribution in [3.63, 3.8) is 0 Å². The van der Waals surface area contributed by atoms with E-state index < -0.39 is 0 Å². The number of nitriles is 1. The van der Waals surface area contributed by atoms with Gasteiger partial charge >= 0.3 is 0 Å². The van der Waals surface area contributed by atoms with Crippen LogP contribution in [0.2, 0.25) is 5.02 Å². The summed E-state index contributed by atoms with van der Waals surface area (Å²) in [6.45, 7) is 0.367. The van der Waals surface area contributed by atoms with Crippen molar-refractivity contribution < 1.29 is 28.8 Å². The van der Waals surface area contributed by atoms with Gasteiger partial charge in [-0.05, 0) is 48.0 Å². The maximum Gasteiger partial charge on any atom is 0.182 e. The fourth-order valence-corrected chi connectivity index (χ4v) is 4.56. The van der Waals surface area contributed by atoms with E-state index in [0.717, 1.165) is 33.0 Å². The van der Waals surface area contributed by atoms with Gasteiger partial charge < -0.3 is 28.8 Å². The van der Waals surface area contributed by atoms with Crippen molar-refractivity contribution in [1.29, 1.82) is 5.26 Å². The van der Waals surface area contributed by atoms with Gasteiger partial charge in [-0.3, -0.25) is 5.10 Å². The number of nitrogens with zero attached hydrogens (tertiary/aromatic N) is 3. The van der Waals surface area contributed by atoms with Crippen LogP contribution < -0.4 is 18.9 Å². The van der Waals surface area contributed by atoms with E-state index in [2.05, 4.69) is 16.3 Å². The molecule has 0 amide bonds. The molecule has 10 nitrogen and oxygen atoms in total. The largest absolute Gasteiger partial charge is 0.506 e. The number of H-pyrrole nitrogens is 1. The lowest BCUT2D eigenvalue weighted by atomic mass is 10.00. The average molecular weight is 613 g/mol. The zero-order valence-corrected chi connectivity index (χ0v) is 25.2. The summed E-state index contributed by atoms with van der Waals surface area (Å²) < 4.78 is 26.4. The molecule has 5 aromatic rings. The Hall–Kier alpha value is -4.43. The third kappa shape index (κ3) is 6.55. The van der Waals surface area contributed by atoms with Gasteiger partial charge in [0.2, 0.25) is 0 Å². The maximum absolute atomic E-state index is 9.77. The smallest absolute Gasteiger partial charge is 0.182 e. The second-order valence-corrected chi connectivity index (χ2v) is 9.14. The predicted octanol–water partition coefficient (Wildman–Crippen LogP) is 6.49. The van der Waals surface area contributed by atoms with Gasteiger partial charge in [0.1, 0.15) is 5.75 Å². The van der Waals surface area contributed by atoms with Gasteiger partial charge in [-0.2, -0.15) is 10.4 Å². The maximum atomic E-state index is 9.77. The number of ether oxygens (including phenoxy) is 5. The molecule has 0 bridgehead atoms. The van der Waals surface area contributed by atoms with Crippen molar-refractivity contribution in [2.75, 3.05) is 35.5 Å². The van der Waals surface area contributed by atoms with Crippen molar-refractivity contribution in [3.8, 4) is 46.1 Å². The molecule has 0 radical (unpaired) electrons. The molecule has 5 rings (SSSR count). The van der Waals surface area contributed by atoms with Gasteiger partial charge in [0.15, 0.2) is 28.6 Å². The number of pyridine rings is 1. The number of halogens is 2. The molecule has 2 heterocycles. The average Bonchev–Trinajstić information content (AvgIpc) is 3.40. The monoisotopic (exact) mass is 612 g/mol. The molecule has 2 N–H and O–H groups in total. The number of hydrogen-bond donors (Lipinski definition) is 2. The van der Waals surface area contributed by atoms with E-state index in [1.165, 1.54) is 6.07 Å². The van der Waals surface area contributed by atoms with E-state index in [-0.39, 0.29) is 23.2 Å². The number of aromatic amines is 1. The van der Waals surface area contributed by atoms with Gasteiger partial charge in [-0.1, -0.05) is 17.7 Å². The van der Waals surface area contributed by atoms with E-state index in [9.17, 15) is 5.11 Å². The molecule has 2 aromatic heterocycles.